The molecule has 39 heavy (non-hydrogen) atoms. The summed E-state index contributed by atoms with van der Waals surface area (Å²) in [6, 6.07) is 11.3. The van der Waals surface area contributed by atoms with Crippen LogP contribution >= 0.6 is 0 Å². The van der Waals surface area contributed by atoms with E-state index in [0.717, 1.165) is 22.3 Å². The summed E-state index contributed by atoms with van der Waals surface area (Å²) in [7, 11) is 0. The molecule has 3 amide bonds. The maximum atomic E-state index is 14.1. The van der Waals surface area contributed by atoms with Crippen molar-refractivity contribution in [2.45, 2.75) is 86.4 Å². The maximum absolute atomic E-state index is 14.1. The number of benzene rings is 2. The van der Waals surface area contributed by atoms with Crippen molar-refractivity contribution in [3.63, 3.8) is 0 Å². The number of ether oxygens (including phenoxy) is 1. The minimum atomic E-state index is -1.11. The van der Waals surface area contributed by atoms with Gasteiger partial charge in [0.15, 0.2) is 0 Å². The summed E-state index contributed by atoms with van der Waals surface area (Å²) in [6.45, 7) is 16.2. The fourth-order valence-corrected chi connectivity index (χ4v) is 4.46. The molecule has 8 nitrogen and oxygen atoms in total. The standard InChI is InChI=1S/C31H42N4O4/c1-10-20(3)26(34-30(38)39-31(7,8)9)29(37)35(17-16-32)27(24-15-14-19(2)18-23(24)6)28(36)33-25-21(4)12-11-13-22(25)5/h11-15,18,20,26-27H,10,17H2,1-9H3,(H,33,36)(H,34,38). The third kappa shape index (κ3) is 8.31. The van der Waals surface area contributed by atoms with Crippen LogP contribution in [-0.2, 0) is 14.3 Å². The number of amides is 3. The fourth-order valence-electron chi connectivity index (χ4n) is 4.46. The van der Waals surface area contributed by atoms with Crippen LogP contribution in [0.4, 0.5) is 10.5 Å². The van der Waals surface area contributed by atoms with E-state index >= 15 is 0 Å². The Bertz CT molecular complexity index is 1220. The molecule has 8 heteroatoms. The van der Waals surface area contributed by atoms with Gasteiger partial charge in [-0.05, 0) is 76.6 Å². The van der Waals surface area contributed by atoms with Gasteiger partial charge in [0.1, 0.15) is 24.2 Å². The molecular weight excluding hydrogens is 492 g/mol. The van der Waals surface area contributed by atoms with Crippen LogP contribution in [-0.4, -0.2) is 41.0 Å². The number of hydrogen-bond donors (Lipinski definition) is 2. The normalized spacial score (nSPS) is 13.4. The average Bonchev–Trinajstić information content (AvgIpc) is 2.83. The third-order valence-corrected chi connectivity index (χ3v) is 6.68. The van der Waals surface area contributed by atoms with Crippen molar-refractivity contribution >= 4 is 23.6 Å². The number of nitrogens with zero attached hydrogens (tertiary/aromatic N) is 2. The minimum absolute atomic E-state index is 0.285. The molecule has 0 saturated carbocycles. The molecular formula is C31H42N4O4. The number of anilines is 1. The van der Waals surface area contributed by atoms with E-state index in [9.17, 15) is 19.6 Å². The lowest BCUT2D eigenvalue weighted by atomic mass is 9.93. The number of nitriles is 1. The number of para-hydroxylation sites is 1. The second-order valence-corrected chi connectivity index (χ2v) is 11.2. The van der Waals surface area contributed by atoms with Crippen LogP contribution in [0.1, 0.15) is 74.9 Å². The Hall–Kier alpha value is -3.86. The van der Waals surface area contributed by atoms with Crippen molar-refractivity contribution < 1.29 is 19.1 Å². The molecule has 3 unspecified atom stereocenters. The van der Waals surface area contributed by atoms with Gasteiger partial charge in [-0.3, -0.25) is 9.59 Å². The molecule has 210 valence electrons. The van der Waals surface area contributed by atoms with Crippen molar-refractivity contribution in [1.82, 2.24) is 10.2 Å². The van der Waals surface area contributed by atoms with E-state index in [1.807, 2.05) is 77.9 Å². The molecule has 0 aliphatic rings. The lowest BCUT2D eigenvalue weighted by Gasteiger charge is -2.35. The molecule has 2 N–H and O–H groups in total. The molecule has 0 saturated heterocycles. The molecule has 2 aromatic carbocycles. The molecule has 0 aromatic heterocycles. The fraction of sp³-hybridized carbons (Fsp3) is 0.484. The van der Waals surface area contributed by atoms with Crippen LogP contribution in [0.5, 0.6) is 0 Å². The SMILES string of the molecule is CCC(C)C(NC(=O)OC(C)(C)C)C(=O)N(CC#N)C(C(=O)Nc1c(C)cccc1C)c1ccc(C)cc1C. The Labute approximate surface area is 232 Å². The van der Waals surface area contributed by atoms with Gasteiger partial charge in [-0.1, -0.05) is 62.2 Å². The summed E-state index contributed by atoms with van der Waals surface area (Å²) in [4.78, 5) is 42.1. The van der Waals surface area contributed by atoms with E-state index in [2.05, 4.69) is 16.7 Å². The number of hydrogen-bond acceptors (Lipinski definition) is 5. The topological polar surface area (TPSA) is 112 Å². The smallest absolute Gasteiger partial charge is 0.408 e. The monoisotopic (exact) mass is 534 g/mol. The second-order valence-electron chi connectivity index (χ2n) is 11.2. The molecule has 3 atom stereocenters. The van der Waals surface area contributed by atoms with E-state index in [1.165, 1.54) is 4.90 Å². The molecule has 2 aromatic rings. The number of carbonyl (C=O) groups excluding carboxylic acids is 3. The van der Waals surface area contributed by atoms with Gasteiger partial charge >= 0.3 is 6.09 Å². The highest BCUT2D eigenvalue weighted by Crippen LogP contribution is 2.30. The minimum Gasteiger partial charge on any atom is -0.444 e. The van der Waals surface area contributed by atoms with Gasteiger partial charge in [0.25, 0.3) is 5.91 Å². The first kappa shape index (κ1) is 31.4. The van der Waals surface area contributed by atoms with E-state index in [0.29, 0.717) is 17.7 Å². The third-order valence-electron chi connectivity index (χ3n) is 6.68. The number of nitrogens with one attached hydrogen (secondary N) is 2. The molecule has 0 bridgehead atoms. The summed E-state index contributed by atoms with van der Waals surface area (Å²) in [5.41, 5.74) is 4.08. The summed E-state index contributed by atoms with van der Waals surface area (Å²) in [5.74, 6) is -1.26. The predicted molar refractivity (Wildman–Crippen MR) is 153 cm³/mol. The van der Waals surface area contributed by atoms with E-state index in [1.54, 1.807) is 20.8 Å². The van der Waals surface area contributed by atoms with E-state index < -0.39 is 35.6 Å². The van der Waals surface area contributed by atoms with Gasteiger partial charge in [0, 0.05) is 5.69 Å². The zero-order valence-electron chi connectivity index (χ0n) is 24.6. The van der Waals surface area contributed by atoms with Crippen LogP contribution in [0, 0.1) is 44.9 Å². The number of aryl methyl sites for hydroxylation is 4. The van der Waals surface area contributed by atoms with Gasteiger partial charge in [-0.2, -0.15) is 5.26 Å². The van der Waals surface area contributed by atoms with Crippen LogP contribution < -0.4 is 10.6 Å². The van der Waals surface area contributed by atoms with Gasteiger partial charge in [0.2, 0.25) is 5.91 Å². The second kappa shape index (κ2) is 13.3. The van der Waals surface area contributed by atoms with Gasteiger partial charge in [-0.15, -0.1) is 0 Å². The summed E-state index contributed by atoms with van der Waals surface area (Å²) in [6.07, 6.45) is -0.156. The summed E-state index contributed by atoms with van der Waals surface area (Å²) in [5, 5.41) is 15.5. The lowest BCUT2D eigenvalue weighted by molar-refractivity contribution is -0.141. The summed E-state index contributed by atoms with van der Waals surface area (Å²) >= 11 is 0. The molecule has 0 heterocycles. The molecule has 0 spiro atoms. The zero-order chi connectivity index (χ0) is 29.5. The largest absolute Gasteiger partial charge is 0.444 e. The van der Waals surface area contributed by atoms with Crippen LogP contribution in [0.2, 0.25) is 0 Å². The highest BCUT2D eigenvalue weighted by atomic mass is 16.6. The van der Waals surface area contributed by atoms with Gasteiger partial charge in [-0.25, -0.2) is 4.79 Å². The van der Waals surface area contributed by atoms with E-state index in [-0.39, 0.29) is 12.5 Å². The molecule has 0 aliphatic heterocycles. The van der Waals surface area contributed by atoms with Gasteiger partial charge in [0.05, 0.1) is 6.07 Å². The Morgan fingerprint density at radius 2 is 1.64 bits per heavy atom. The Morgan fingerprint density at radius 3 is 2.15 bits per heavy atom. The van der Waals surface area contributed by atoms with Crippen LogP contribution in [0.25, 0.3) is 0 Å². The number of carbonyl (C=O) groups is 3. The molecule has 2 rings (SSSR count). The van der Waals surface area contributed by atoms with Crippen LogP contribution in [0.3, 0.4) is 0 Å². The number of alkyl carbamates (subject to hydrolysis) is 1. The lowest BCUT2D eigenvalue weighted by Crippen LogP contribution is -2.55. The maximum Gasteiger partial charge on any atom is 0.408 e. The number of rotatable bonds is 9. The van der Waals surface area contributed by atoms with Crippen molar-refractivity contribution in [2.75, 3.05) is 11.9 Å². The highest BCUT2D eigenvalue weighted by Gasteiger charge is 2.39. The molecule has 0 radical (unpaired) electrons. The van der Waals surface area contributed by atoms with E-state index in [4.69, 9.17) is 4.74 Å². The quantitative estimate of drug-likeness (QED) is 0.390. The summed E-state index contributed by atoms with van der Waals surface area (Å²) < 4.78 is 5.42. The highest BCUT2D eigenvalue weighted by molar-refractivity contribution is 6.00. The first-order chi connectivity index (χ1) is 18.2. The van der Waals surface area contributed by atoms with Crippen molar-refractivity contribution in [2.24, 2.45) is 5.92 Å². The molecule has 0 fully saturated rings. The predicted octanol–water partition coefficient (Wildman–Crippen LogP) is 5.89. The first-order valence-corrected chi connectivity index (χ1v) is 13.3. The first-order valence-electron chi connectivity index (χ1n) is 13.3. The van der Waals surface area contributed by atoms with Crippen LogP contribution in [0.15, 0.2) is 36.4 Å². The molecule has 0 aliphatic carbocycles. The zero-order valence-corrected chi connectivity index (χ0v) is 24.6. The van der Waals surface area contributed by atoms with Crippen molar-refractivity contribution in [3.05, 3.63) is 64.2 Å². The Morgan fingerprint density at radius 1 is 1.03 bits per heavy atom. The van der Waals surface area contributed by atoms with Crippen molar-refractivity contribution in [1.29, 1.82) is 5.26 Å². The Balaban J connectivity index is 2.62. The van der Waals surface area contributed by atoms with Crippen molar-refractivity contribution in [3.8, 4) is 6.07 Å². The average molecular weight is 535 g/mol. The Kier molecular flexibility index (Phi) is 10.7. The van der Waals surface area contributed by atoms with Gasteiger partial charge < -0.3 is 20.3 Å².